The highest BCUT2D eigenvalue weighted by Crippen LogP contribution is 2.34. The van der Waals surface area contributed by atoms with Crippen molar-refractivity contribution in [3.8, 4) is 0 Å². The Balaban J connectivity index is 1.60. The van der Waals surface area contributed by atoms with Crippen molar-refractivity contribution >= 4 is 35.1 Å². The van der Waals surface area contributed by atoms with E-state index in [0.29, 0.717) is 27.9 Å². The van der Waals surface area contributed by atoms with Crippen LogP contribution in [0.1, 0.15) is 63.7 Å². The number of aryl methyl sites for hydroxylation is 1. The summed E-state index contributed by atoms with van der Waals surface area (Å²) in [5.74, 6) is -0.848. The highest BCUT2D eigenvalue weighted by molar-refractivity contribution is 6.44. The lowest BCUT2D eigenvalue weighted by Gasteiger charge is -2.29. The van der Waals surface area contributed by atoms with Crippen LogP contribution in [0, 0.1) is 6.92 Å². The summed E-state index contributed by atoms with van der Waals surface area (Å²) in [4.78, 5) is 26.5. The molecule has 26 heavy (non-hydrogen) atoms. The molecule has 5 nitrogen and oxygen atoms in total. The molecule has 138 valence electrons. The van der Waals surface area contributed by atoms with Gasteiger partial charge < -0.3 is 15.4 Å². The lowest BCUT2D eigenvalue weighted by molar-refractivity contribution is 0.0696. The molecule has 3 rings (SSSR count). The van der Waals surface area contributed by atoms with Gasteiger partial charge in [0.1, 0.15) is 5.69 Å². The number of aromatic carboxylic acids is 1. The van der Waals surface area contributed by atoms with Crippen molar-refractivity contribution in [1.29, 1.82) is 0 Å². The van der Waals surface area contributed by atoms with Crippen LogP contribution in [0.5, 0.6) is 0 Å². The predicted molar refractivity (Wildman–Crippen MR) is 101 cm³/mol. The van der Waals surface area contributed by atoms with Gasteiger partial charge in [0.2, 0.25) is 0 Å². The summed E-state index contributed by atoms with van der Waals surface area (Å²) in [6.45, 7) is 1.77. The lowest BCUT2D eigenvalue weighted by atomic mass is 9.81. The standard InChI is InChI=1S/C19H20Cl2N2O3/c1-10-15(20)16(21)17(22-10)18(24)23-14-7-5-11(6-8-14)12-3-2-4-13(9-12)19(25)26/h2-4,9,11,14,22H,5-8H2,1H3,(H,23,24)(H,25,26)/t11-,14+. The van der Waals surface area contributed by atoms with Crippen LogP contribution in [0.4, 0.5) is 0 Å². The maximum Gasteiger partial charge on any atom is 0.335 e. The van der Waals surface area contributed by atoms with Crippen molar-refractivity contribution in [3.63, 3.8) is 0 Å². The maximum atomic E-state index is 12.4. The van der Waals surface area contributed by atoms with Crippen LogP contribution in [-0.4, -0.2) is 28.0 Å². The normalized spacial score (nSPS) is 20.0. The first-order chi connectivity index (χ1) is 12.4. The predicted octanol–water partition coefficient (Wildman–Crippen LogP) is 4.78. The fourth-order valence-corrected chi connectivity index (χ4v) is 3.90. The zero-order valence-corrected chi connectivity index (χ0v) is 15.8. The van der Waals surface area contributed by atoms with Gasteiger partial charge in [-0.2, -0.15) is 0 Å². The van der Waals surface area contributed by atoms with E-state index in [0.717, 1.165) is 31.2 Å². The number of hydrogen-bond acceptors (Lipinski definition) is 2. The van der Waals surface area contributed by atoms with Crippen molar-refractivity contribution in [1.82, 2.24) is 10.3 Å². The minimum absolute atomic E-state index is 0.0693. The first-order valence-corrected chi connectivity index (χ1v) is 9.30. The van der Waals surface area contributed by atoms with Gasteiger partial charge in [-0.1, -0.05) is 35.3 Å². The van der Waals surface area contributed by atoms with E-state index in [9.17, 15) is 9.59 Å². The zero-order chi connectivity index (χ0) is 18.8. The summed E-state index contributed by atoms with van der Waals surface area (Å²) in [5.41, 5.74) is 2.32. The molecule has 1 aromatic heterocycles. The molecule has 0 bridgehead atoms. The van der Waals surface area contributed by atoms with Gasteiger partial charge in [-0.05, 0) is 56.2 Å². The zero-order valence-electron chi connectivity index (χ0n) is 14.3. The fraction of sp³-hybridized carbons (Fsp3) is 0.368. The van der Waals surface area contributed by atoms with Crippen molar-refractivity contribution in [2.75, 3.05) is 0 Å². The Morgan fingerprint density at radius 1 is 1.15 bits per heavy atom. The first kappa shape index (κ1) is 18.8. The lowest BCUT2D eigenvalue weighted by Crippen LogP contribution is -2.37. The van der Waals surface area contributed by atoms with Gasteiger partial charge in [-0.25, -0.2) is 4.79 Å². The van der Waals surface area contributed by atoms with Gasteiger partial charge in [0.25, 0.3) is 5.91 Å². The molecule has 1 fully saturated rings. The SMILES string of the molecule is Cc1[nH]c(C(=O)N[C@H]2CC[C@@H](c3cccc(C(=O)O)c3)CC2)c(Cl)c1Cl. The van der Waals surface area contributed by atoms with Crippen LogP contribution < -0.4 is 5.32 Å². The highest BCUT2D eigenvalue weighted by atomic mass is 35.5. The quantitative estimate of drug-likeness (QED) is 0.697. The molecule has 0 unspecified atom stereocenters. The average Bonchev–Trinajstić information content (AvgIpc) is 2.90. The van der Waals surface area contributed by atoms with Crippen molar-refractivity contribution < 1.29 is 14.7 Å². The summed E-state index contributed by atoms with van der Waals surface area (Å²) in [5, 5.41) is 12.8. The molecule has 0 radical (unpaired) electrons. The number of carboxylic acid groups (broad SMARTS) is 1. The summed E-state index contributed by atoms with van der Waals surface area (Å²) >= 11 is 12.1. The Hall–Kier alpha value is -1.98. The minimum atomic E-state index is -0.912. The third-order valence-electron chi connectivity index (χ3n) is 4.95. The Bertz CT molecular complexity index is 839. The summed E-state index contributed by atoms with van der Waals surface area (Å²) in [7, 11) is 0. The van der Waals surface area contributed by atoms with E-state index in [1.165, 1.54) is 0 Å². The maximum absolute atomic E-state index is 12.4. The van der Waals surface area contributed by atoms with E-state index < -0.39 is 5.97 Å². The van der Waals surface area contributed by atoms with Crippen LogP contribution in [0.15, 0.2) is 24.3 Å². The molecule has 1 heterocycles. The van der Waals surface area contributed by atoms with Crippen molar-refractivity contribution in [2.45, 2.75) is 44.6 Å². The third kappa shape index (κ3) is 3.89. The Kier molecular flexibility index (Phi) is 5.58. The molecule has 0 aliphatic heterocycles. The summed E-state index contributed by atoms with van der Waals surface area (Å²) < 4.78 is 0. The molecule has 1 saturated carbocycles. The van der Waals surface area contributed by atoms with E-state index in [-0.39, 0.29) is 17.0 Å². The first-order valence-electron chi connectivity index (χ1n) is 8.54. The molecule has 2 aromatic rings. The monoisotopic (exact) mass is 394 g/mol. The molecule has 1 aliphatic carbocycles. The van der Waals surface area contributed by atoms with Gasteiger partial charge in [-0.15, -0.1) is 0 Å². The number of amides is 1. The van der Waals surface area contributed by atoms with Gasteiger partial charge in [0.15, 0.2) is 0 Å². The Labute approximate surface area is 161 Å². The van der Waals surface area contributed by atoms with Crippen LogP contribution in [-0.2, 0) is 0 Å². The van der Waals surface area contributed by atoms with Crippen molar-refractivity contribution in [3.05, 3.63) is 56.8 Å². The number of carbonyl (C=O) groups excluding carboxylic acids is 1. The largest absolute Gasteiger partial charge is 0.478 e. The number of rotatable bonds is 4. The van der Waals surface area contributed by atoms with Crippen LogP contribution in [0.3, 0.4) is 0 Å². The molecule has 1 aliphatic rings. The fourth-order valence-electron chi connectivity index (χ4n) is 3.48. The summed E-state index contributed by atoms with van der Waals surface area (Å²) in [6, 6.07) is 7.17. The van der Waals surface area contributed by atoms with E-state index in [4.69, 9.17) is 28.3 Å². The Morgan fingerprint density at radius 2 is 1.85 bits per heavy atom. The van der Waals surface area contributed by atoms with E-state index in [1.807, 2.05) is 6.07 Å². The van der Waals surface area contributed by atoms with Crippen molar-refractivity contribution in [2.24, 2.45) is 0 Å². The number of aromatic nitrogens is 1. The molecular weight excluding hydrogens is 375 g/mol. The molecule has 1 aromatic carbocycles. The van der Waals surface area contributed by atoms with Gasteiger partial charge in [0.05, 0.1) is 15.6 Å². The number of H-pyrrole nitrogens is 1. The minimum Gasteiger partial charge on any atom is -0.478 e. The van der Waals surface area contributed by atoms with E-state index in [2.05, 4.69) is 10.3 Å². The number of carboxylic acids is 1. The third-order valence-corrected chi connectivity index (χ3v) is 5.90. The topological polar surface area (TPSA) is 82.2 Å². The average molecular weight is 395 g/mol. The molecular formula is C19H20Cl2N2O3. The molecule has 0 spiro atoms. The second-order valence-corrected chi connectivity index (χ2v) is 7.46. The molecule has 0 atom stereocenters. The van der Waals surface area contributed by atoms with Gasteiger partial charge in [0, 0.05) is 11.7 Å². The smallest absolute Gasteiger partial charge is 0.335 e. The van der Waals surface area contributed by atoms with Crippen LogP contribution in [0.25, 0.3) is 0 Å². The molecule has 1 amide bonds. The second kappa shape index (κ2) is 7.72. The van der Waals surface area contributed by atoms with E-state index >= 15 is 0 Å². The van der Waals surface area contributed by atoms with Crippen LogP contribution in [0.2, 0.25) is 10.0 Å². The number of nitrogens with one attached hydrogen (secondary N) is 2. The second-order valence-electron chi connectivity index (χ2n) is 6.71. The number of benzene rings is 1. The number of halogens is 2. The Morgan fingerprint density at radius 3 is 2.42 bits per heavy atom. The molecule has 0 saturated heterocycles. The molecule has 7 heteroatoms. The summed E-state index contributed by atoms with van der Waals surface area (Å²) in [6.07, 6.45) is 3.45. The van der Waals surface area contributed by atoms with Gasteiger partial charge >= 0.3 is 5.97 Å². The number of carbonyl (C=O) groups is 2. The highest BCUT2D eigenvalue weighted by Gasteiger charge is 2.26. The van der Waals surface area contributed by atoms with Crippen LogP contribution >= 0.6 is 23.2 Å². The number of hydrogen-bond donors (Lipinski definition) is 3. The van der Waals surface area contributed by atoms with E-state index in [1.54, 1.807) is 25.1 Å². The van der Waals surface area contributed by atoms with Gasteiger partial charge in [-0.3, -0.25) is 4.79 Å². The molecule has 3 N–H and O–H groups in total. The number of aromatic amines is 1.